The van der Waals surface area contributed by atoms with E-state index in [9.17, 15) is 9.36 Å². The summed E-state index contributed by atoms with van der Waals surface area (Å²) < 4.78 is 38.9. The second kappa shape index (κ2) is 12.8. The number of esters is 1. The molecule has 4 aromatic rings. The Labute approximate surface area is 233 Å². The van der Waals surface area contributed by atoms with Crippen molar-refractivity contribution in [1.82, 2.24) is 19.6 Å². The smallest absolute Gasteiger partial charge is 0.459 e. The number of rotatable bonds is 13. The molecular formula is C28H36N5O6P. The lowest BCUT2D eigenvalue weighted by Crippen LogP contribution is -2.37. The van der Waals surface area contributed by atoms with E-state index >= 15 is 0 Å². The SMILES string of the molecule is CCOCc1nc2c(N)nc3ccccc3c2n1C[C@H](C)O[P@@](=O)(N[C@@H](C)C(=O)OC(C)C)Oc1ccccc1. The number of hydrogen-bond donors (Lipinski definition) is 2. The lowest BCUT2D eigenvalue weighted by Gasteiger charge is -2.26. The standard InChI is InChI=1S/C28H36N5O6P/c1-6-36-17-24-31-25-26(22-14-10-11-15-23(22)30-27(25)29)33(24)16-19(4)38-40(35,39-21-12-8-7-9-13-21)32-20(5)28(34)37-18(2)3/h7-15,18-20H,6,16-17H2,1-5H3,(H2,29,30)(H,32,35)/t19-,20-,40-/m0/s1. The van der Waals surface area contributed by atoms with Gasteiger partial charge in [-0.3, -0.25) is 9.32 Å². The molecule has 0 aliphatic rings. The zero-order valence-electron chi connectivity index (χ0n) is 23.4. The van der Waals surface area contributed by atoms with E-state index in [0.29, 0.717) is 29.5 Å². The van der Waals surface area contributed by atoms with Crippen LogP contribution in [0.25, 0.3) is 21.9 Å². The van der Waals surface area contributed by atoms with E-state index in [1.807, 2.05) is 41.8 Å². The number of fused-ring (bicyclic) bond motifs is 3. The number of nitrogen functional groups attached to an aromatic ring is 1. The number of imidazole rings is 1. The molecule has 0 saturated heterocycles. The number of anilines is 1. The predicted molar refractivity (Wildman–Crippen MR) is 154 cm³/mol. The van der Waals surface area contributed by atoms with Crippen LogP contribution in [0.4, 0.5) is 5.82 Å². The highest BCUT2D eigenvalue weighted by molar-refractivity contribution is 7.52. The largest absolute Gasteiger partial charge is 0.462 e. The Morgan fingerprint density at radius 1 is 1.05 bits per heavy atom. The van der Waals surface area contributed by atoms with E-state index in [4.69, 9.17) is 29.2 Å². The Balaban J connectivity index is 1.68. The maximum Gasteiger partial charge on any atom is 0.459 e. The maximum atomic E-state index is 14.1. The van der Waals surface area contributed by atoms with Crippen molar-refractivity contribution in [1.29, 1.82) is 0 Å². The first kappa shape index (κ1) is 29.5. The molecule has 40 heavy (non-hydrogen) atoms. The summed E-state index contributed by atoms with van der Waals surface area (Å²) in [6.45, 7) is 9.67. The lowest BCUT2D eigenvalue weighted by molar-refractivity contribution is -0.149. The molecule has 214 valence electrons. The number of ether oxygens (including phenoxy) is 2. The van der Waals surface area contributed by atoms with E-state index in [0.717, 1.165) is 16.4 Å². The number of hydrogen-bond acceptors (Lipinski definition) is 9. The van der Waals surface area contributed by atoms with Gasteiger partial charge in [-0.05, 0) is 52.8 Å². The maximum absolute atomic E-state index is 14.1. The molecule has 0 unspecified atom stereocenters. The third-order valence-electron chi connectivity index (χ3n) is 5.91. The van der Waals surface area contributed by atoms with E-state index in [1.54, 1.807) is 52.0 Å². The van der Waals surface area contributed by atoms with E-state index in [1.165, 1.54) is 0 Å². The molecule has 0 radical (unpaired) electrons. The van der Waals surface area contributed by atoms with Gasteiger partial charge in [0.25, 0.3) is 0 Å². The quantitative estimate of drug-likeness (QED) is 0.163. The summed E-state index contributed by atoms with van der Waals surface area (Å²) in [5, 5.41) is 3.60. The van der Waals surface area contributed by atoms with Gasteiger partial charge in [0.2, 0.25) is 0 Å². The molecule has 0 aliphatic carbocycles. The Morgan fingerprint density at radius 2 is 1.75 bits per heavy atom. The average Bonchev–Trinajstić information content (AvgIpc) is 3.26. The Bertz CT molecular complexity index is 1510. The highest BCUT2D eigenvalue weighted by Gasteiger charge is 2.35. The molecule has 0 aliphatic heterocycles. The van der Waals surface area contributed by atoms with Crippen molar-refractivity contribution in [3.05, 3.63) is 60.4 Å². The molecule has 0 spiro atoms. The first-order valence-corrected chi connectivity index (χ1v) is 14.8. The van der Waals surface area contributed by atoms with Crippen LogP contribution in [0, 0.1) is 0 Å². The van der Waals surface area contributed by atoms with Crippen molar-refractivity contribution in [3.63, 3.8) is 0 Å². The summed E-state index contributed by atoms with van der Waals surface area (Å²) in [5.41, 5.74) is 8.34. The molecule has 2 aromatic heterocycles. The van der Waals surface area contributed by atoms with Gasteiger partial charge < -0.3 is 24.3 Å². The molecule has 0 saturated carbocycles. The van der Waals surface area contributed by atoms with Crippen LogP contribution in [0.2, 0.25) is 0 Å². The minimum absolute atomic E-state index is 0.236. The van der Waals surface area contributed by atoms with E-state index < -0.39 is 25.9 Å². The number of benzene rings is 2. The van der Waals surface area contributed by atoms with Gasteiger partial charge in [0.15, 0.2) is 5.82 Å². The fourth-order valence-electron chi connectivity index (χ4n) is 4.26. The number of para-hydroxylation sites is 2. The van der Waals surface area contributed by atoms with Gasteiger partial charge >= 0.3 is 13.7 Å². The van der Waals surface area contributed by atoms with Crippen LogP contribution in [-0.2, 0) is 36.5 Å². The Kier molecular flexibility index (Phi) is 9.42. The van der Waals surface area contributed by atoms with Gasteiger partial charge in [0.05, 0.1) is 29.8 Å². The van der Waals surface area contributed by atoms with Crippen molar-refractivity contribution < 1.29 is 27.9 Å². The molecular weight excluding hydrogens is 533 g/mol. The molecule has 11 nitrogen and oxygen atoms in total. The molecule has 3 atom stereocenters. The topological polar surface area (TPSA) is 140 Å². The molecule has 0 fully saturated rings. The van der Waals surface area contributed by atoms with Gasteiger partial charge in [-0.1, -0.05) is 36.4 Å². The number of aromatic nitrogens is 3. The van der Waals surface area contributed by atoms with Crippen LogP contribution in [-0.4, -0.2) is 45.4 Å². The normalized spacial score (nSPS) is 14.8. The van der Waals surface area contributed by atoms with Crippen molar-refractivity contribution in [2.24, 2.45) is 0 Å². The third-order valence-corrected chi connectivity index (χ3v) is 7.70. The molecule has 2 aromatic carbocycles. The van der Waals surface area contributed by atoms with Crippen LogP contribution in [0.15, 0.2) is 54.6 Å². The van der Waals surface area contributed by atoms with Gasteiger partial charge in [0, 0.05) is 12.0 Å². The fourth-order valence-corrected chi connectivity index (χ4v) is 5.93. The number of pyridine rings is 1. The molecule has 2 heterocycles. The molecule has 0 amide bonds. The molecule has 0 bridgehead atoms. The second-order valence-corrected chi connectivity index (χ2v) is 11.3. The van der Waals surface area contributed by atoms with Gasteiger partial charge in [-0.2, -0.15) is 5.09 Å². The summed E-state index contributed by atoms with van der Waals surface area (Å²) in [6.07, 6.45) is -0.998. The van der Waals surface area contributed by atoms with Crippen LogP contribution in [0.3, 0.4) is 0 Å². The molecule has 4 rings (SSSR count). The number of nitrogens with two attached hydrogens (primary N) is 1. The fraction of sp³-hybridized carbons (Fsp3) is 0.393. The first-order valence-electron chi connectivity index (χ1n) is 13.2. The van der Waals surface area contributed by atoms with Gasteiger partial charge in [-0.25, -0.2) is 14.5 Å². The predicted octanol–water partition coefficient (Wildman–Crippen LogP) is 5.23. The van der Waals surface area contributed by atoms with Crippen LogP contribution in [0.1, 0.15) is 40.4 Å². The van der Waals surface area contributed by atoms with Crippen LogP contribution >= 0.6 is 7.75 Å². The van der Waals surface area contributed by atoms with Crippen LogP contribution in [0.5, 0.6) is 5.75 Å². The zero-order chi connectivity index (χ0) is 28.9. The zero-order valence-corrected chi connectivity index (χ0v) is 24.3. The third kappa shape index (κ3) is 6.98. The van der Waals surface area contributed by atoms with E-state index in [2.05, 4.69) is 10.1 Å². The highest BCUT2D eigenvalue weighted by atomic mass is 31.2. The number of nitrogens with one attached hydrogen (secondary N) is 1. The Hall–Kier alpha value is -3.50. The first-order chi connectivity index (χ1) is 19.1. The number of carbonyl (C=O) groups is 1. The van der Waals surface area contributed by atoms with Gasteiger partial charge in [-0.15, -0.1) is 0 Å². The highest BCUT2D eigenvalue weighted by Crippen LogP contribution is 2.46. The van der Waals surface area contributed by atoms with E-state index in [-0.39, 0.29) is 19.3 Å². The van der Waals surface area contributed by atoms with Crippen molar-refractivity contribution in [2.45, 2.75) is 66.0 Å². The average molecular weight is 570 g/mol. The minimum Gasteiger partial charge on any atom is -0.462 e. The summed E-state index contributed by atoms with van der Waals surface area (Å²) >= 11 is 0. The minimum atomic E-state index is -4.08. The monoisotopic (exact) mass is 569 g/mol. The number of nitrogens with zero attached hydrogens (tertiary/aromatic N) is 3. The van der Waals surface area contributed by atoms with Crippen molar-refractivity contribution >= 4 is 41.5 Å². The summed E-state index contributed by atoms with van der Waals surface area (Å²) in [4.78, 5) is 21.8. The van der Waals surface area contributed by atoms with Crippen LogP contribution < -0.4 is 15.3 Å². The Morgan fingerprint density at radius 3 is 2.45 bits per heavy atom. The lowest BCUT2D eigenvalue weighted by atomic mass is 10.2. The summed E-state index contributed by atoms with van der Waals surface area (Å²) in [7, 11) is -4.08. The molecule has 12 heteroatoms. The van der Waals surface area contributed by atoms with Crippen molar-refractivity contribution in [3.8, 4) is 5.75 Å². The summed E-state index contributed by atoms with van der Waals surface area (Å²) in [5.74, 6) is 0.677. The molecule has 3 N–H and O–H groups in total. The second-order valence-electron chi connectivity index (χ2n) is 9.64. The van der Waals surface area contributed by atoms with Crippen molar-refractivity contribution in [2.75, 3.05) is 12.3 Å². The summed E-state index contributed by atoms with van der Waals surface area (Å²) in [6, 6.07) is 15.3. The van der Waals surface area contributed by atoms with Gasteiger partial charge in [0.1, 0.15) is 29.7 Å². The number of carbonyl (C=O) groups excluding carboxylic acids is 1.